The molecule has 56 valence electrons. The number of ketones is 1. The van der Waals surface area contributed by atoms with Crippen LogP contribution in [0.4, 0.5) is 0 Å². The van der Waals surface area contributed by atoms with Crippen molar-refractivity contribution in [3.8, 4) is 0 Å². The van der Waals surface area contributed by atoms with Crippen molar-refractivity contribution in [2.75, 3.05) is 0 Å². The summed E-state index contributed by atoms with van der Waals surface area (Å²) in [5.74, 6) is 1.09. The van der Waals surface area contributed by atoms with E-state index in [1.54, 1.807) is 0 Å². The maximum absolute atomic E-state index is 11.2. The third-order valence-corrected chi connectivity index (χ3v) is 1.99. The van der Waals surface area contributed by atoms with Crippen LogP contribution in [0.5, 0.6) is 0 Å². The van der Waals surface area contributed by atoms with Gasteiger partial charge in [0, 0.05) is 12.3 Å². The molecule has 0 saturated carbocycles. The maximum Gasteiger partial charge on any atom is 0.140 e. The van der Waals surface area contributed by atoms with E-state index in [1.807, 2.05) is 0 Å². The van der Waals surface area contributed by atoms with Crippen molar-refractivity contribution in [2.45, 2.75) is 26.7 Å². The van der Waals surface area contributed by atoms with E-state index in [9.17, 15) is 4.79 Å². The summed E-state index contributed by atoms with van der Waals surface area (Å²) in [6.07, 6.45) is 5.87. The lowest BCUT2D eigenvalue weighted by Gasteiger charge is -2.18. The van der Waals surface area contributed by atoms with Crippen molar-refractivity contribution in [2.24, 2.45) is 11.8 Å². The van der Waals surface area contributed by atoms with Crippen molar-refractivity contribution in [3.63, 3.8) is 0 Å². The van der Waals surface area contributed by atoms with Crippen molar-refractivity contribution < 1.29 is 4.79 Å². The summed E-state index contributed by atoms with van der Waals surface area (Å²) in [7, 11) is 0. The lowest BCUT2D eigenvalue weighted by atomic mass is 9.86. The first kappa shape index (κ1) is 7.52. The normalized spacial score (nSPS) is 25.9. The molecule has 1 aliphatic rings. The molecular formula is C9H14O. The van der Waals surface area contributed by atoms with Crippen LogP contribution in [-0.2, 0) is 4.79 Å². The molecule has 0 bridgehead atoms. The molecule has 0 heterocycles. The van der Waals surface area contributed by atoms with Crippen LogP contribution in [0, 0.1) is 11.8 Å². The lowest BCUT2D eigenvalue weighted by Crippen LogP contribution is -2.19. The van der Waals surface area contributed by atoms with Gasteiger partial charge in [0.05, 0.1) is 0 Å². The van der Waals surface area contributed by atoms with Crippen LogP contribution < -0.4 is 0 Å². The Morgan fingerprint density at radius 3 is 2.70 bits per heavy atom. The first-order valence-corrected chi connectivity index (χ1v) is 3.91. The average molecular weight is 138 g/mol. The molecule has 0 N–H and O–H groups in total. The van der Waals surface area contributed by atoms with Gasteiger partial charge >= 0.3 is 0 Å². The number of rotatable bonds is 1. The molecule has 1 unspecified atom stereocenters. The molecule has 0 aliphatic heterocycles. The van der Waals surface area contributed by atoms with Gasteiger partial charge in [-0.1, -0.05) is 26.0 Å². The highest BCUT2D eigenvalue weighted by Gasteiger charge is 2.20. The van der Waals surface area contributed by atoms with E-state index in [1.165, 1.54) is 0 Å². The van der Waals surface area contributed by atoms with Crippen LogP contribution in [0.3, 0.4) is 0 Å². The van der Waals surface area contributed by atoms with Crippen LogP contribution in [0.25, 0.3) is 0 Å². The largest absolute Gasteiger partial charge is 0.299 e. The molecule has 0 spiro atoms. The summed E-state index contributed by atoms with van der Waals surface area (Å²) in [6.45, 7) is 4.19. The van der Waals surface area contributed by atoms with E-state index in [0.717, 1.165) is 12.8 Å². The Bertz CT molecular complexity index is 156. The molecular weight excluding hydrogens is 124 g/mol. The van der Waals surface area contributed by atoms with Gasteiger partial charge in [0.1, 0.15) is 5.78 Å². The Hall–Kier alpha value is -0.590. The molecule has 0 aromatic rings. The summed E-state index contributed by atoms with van der Waals surface area (Å²) >= 11 is 0. The van der Waals surface area contributed by atoms with Crippen LogP contribution >= 0.6 is 0 Å². The van der Waals surface area contributed by atoms with Crippen LogP contribution in [0.1, 0.15) is 26.7 Å². The Morgan fingerprint density at radius 1 is 1.60 bits per heavy atom. The first-order valence-electron chi connectivity index (χ1n) is 3.91. The number of carbonyl (C=O) groups excluding carboxylic acids is 1. The van der Waals surface area contributed by atoms with Gasteiger partial charge < -0.3 is 0 Å². The van der Waals surface area contributed by atoms with E-state index < -0.39 is 0 Å². The van der Waals surface area contributed by atoms with Gasteiger partial charge in [-0.2, -0.15) is 0 Å². The highest BCUT2D eigenvalue weighted by Crippen LogP contribution is 2.20. The molecule has 0 amide bonds. The lowest BCUT2D eigenvalue weighted by molar-refractivity contribution is -0.122. The topological polar surface area (TPSA) is 17.1 Å². The summed E-state index contributed by atoms with van der Waals surface area (Å²) in [4.78, 5) is 11.2. The fourth-order valence-corrected chi connectivity index (χ4v) is 1.34. The zero-order chi connectivity index (χ0) is 7.56. The van der Waals surface area contributed by atoms with Gasteiger partial charge in [-0.25, -0.2) is 0 Å². The molecule has 0 radical (unpaired) electrons. The summed E-state index contributed by atoms with van der Waals surface area (Å²) in [5.41, 5.74) is 0. The zero-order valence-electron chi connectivity index (χ0n) is 6.63. The number of carbonyl (C=O) groups is 1. The molecule has 1 aliphatic carbocycles. The van der Waals surface area contributed by atoms with E-state index >= 15 is 0 Å². The summed E-state index contributed by atoms with van der Waals surface area (Å²) in [5, 5.41) is 0. The molecule has 1 rings (SSSR count). The molecule has 1 nitrogen and oxygen atoms in total. The van der Waals surface area contributed by atoms with Crippen molar-refractivity contribution in [1.29, 1.82) is 0 Å². The highest BCUT2D eigenvalue weighted by molar-refractivity contribution is 5.83. The zero-order valence-corrected chi connectivity index (χ0v) is 6.63. The smallest absolute Gasteiger partial charge is 0.140 e. The minimum absolute atomic E-state index is 0.203. The number of allylic oxidation sites excluding steroid dienone is 2. The molecule has 0 aromatic carbocycles. The minimum atomic E-state index is 0.203. The average Bonchev–Trinajstić information content (AvgIpc) is 1.88. The van der Waals surface area contributed by atoms with Gasteiger partial charge in [-0.15, -0.1) is 0 Å². The predicted molar refractivity (Wildman–Crippen MR) is 41.7 cm³/mol. The summed E-state index contributed by atoms with van der Waals surface area (Å²) < 4.78 is 0. The minimum Gasteiger partial charge on any atom is -0.299 e. The quantitative estimate of drug-likeness (QED) is 0.507. The monoisotopic (exact) mass is 138 g/mol. The predicted octanol–water partition coefficient (Wildman–Crippen LogP) is 2.18. The first-order chi connectivity index (χ1) is 4.72. The van der Waals surface area contributed by atoms with Crippen molar-refractivity contribution in [3.05, 3.63) is 12.2 Å². The van der Waals surface area contributed by atoms with Gasteiger partial charge in [0.15, 0.2) is 0 Å². The molecule has 0 fully saturated rings. The van der Waals surface area contributed by atoms with E-state index in [4.69, 9.17) is 0 Å². The van der Waals surface area contributed by atoms with E-state index in [2.05, 4.69) is 26.0 Å². The number of hydrogen-bond acceptors (Lipinski definition) is 1. The number of Topliss-reactive ketones (excluding diaryl/α,β-unsaturated/α-hetero) is 1. The third kappa shape index (κ3) is 1.47. The van der Waals surface area contributed by atoms with Crippen molar-refractivity contribution in [1.82, 2.24) is 0 Å². The number of hydrogen-bond donors (Lipinski definition) is 0. The van der Waals surface area contributed by atoms with Gasteiger partial charge in [-0.3, -0.25) is 4.79 Å². The second-order valence-corrected chi connectivity index (χ2v) is 3.20. The van der Waals surface area contributed by atoms with E-state index in [0.29, 0.717) is 11.7 Å². The van der Waals surface area contributed by atoms with E-state index in [-0.39, 0.29) is 5.92 Å². The molecule has 1 atom stereocenters. The van der Waals surface area contributed by atoms with Gasteiger partial charge in [0.25, 0.3) is 0 Å². The maximum atomic E-state index is 11.2. The fraction of sp³-hybridized carbons (Fsp3) is 0.667. The molecule has 10 heavy (non-hydrogen) atoms. The van der Waals surface area contributed by atoms with Crippen molar-refractivity contribution >= 4 is 5.78 Å². The van der Waals surface area contributed by atoms with Crippen LogP contribution in [-0.4, -0.2) is 5.78 Å². The third-order valence-electron chi connectivity index (χ3n) is 1.99. The van der Waals surface area contributed by atoms with Crippen LogP contribution in [0.2, 0.25) is 0 Å². The summed E-state index contributed by atoms with van der Waals surface area (Å²) in [6, 6.07) is 0. The highest BCUT2D eigenvalue weighted by atomic mass is 16.1. The SMILES string of the molecule is CC(C)C1C=CCCC1=O. The van der Waals surface area contributed by atoms with Crippen LogP contribution in [0.15, 0.2) is 12.2 Å². The second-order valence-electron chi connectivity index (χ2n) is 3.20. The molecule has 0 saturated heterocycles. The fourth-order valence-electron chi connectivity index (χ4n) is 1.34. The Balaban J connectivity index is 2.64. The second kappa shape index (κ2) is 3.00. The van der Waals surface area contributed by atoms with Gasteiger partial charge in [0.2, 0.25) is 0 Å². The van der Waals surface area contributed by atoms with Gasteiger partial charge in [-0.05, 0) is 12.3 Å². The Kier molecular flexibility index (Phi) is 2.25. The standard InChI is InChI=1S/C9H14O/c1-7(2)8-5-3-4-6-9(8)10/h3,5,7-8H,4,6H2,1-2H3. The Morgan fingerprint density at radius 2 is 2.30 bits per heavy atom. The Labute approximate surface area is 62.1 Å². The molecule has 0 aromatic heterocycles. The molecule has 1 heteroatoms.